The van der Waals surface area contributed by atoms with Gasteiger partial charge in [-0.15, -0.1) is 0 Å². The first kappa shape index (κ1) is 13.3. The zero-order chi connectivity index (χ0) is 13.9. The van der Waals surface area contributed by atoms with E-state index in [-0.39, 0.29) is 6.04 Å². The number of nitrogens with one attached hydrogen (secondary N) is 1. The van der Waals surface area contributed by atoms with E-state index in [4.69, 9.17) is 9.26 Å². The molecule has 0 saturated carbocycles. The van der Waals surface area contributed by atoms with Crippen molar-refractivity contribution in [2.45, 2.75) is 24.8 Å². The van der Waals surface area contributed by atoms with Crippen molar-refractivity contribution in [1.82, 2.24) is 15.5 Å². The number of hydrogen-bond acceptors (Lipinski definition) is 5. The minimum atomic E-state index is 0.196. The highest BCUT2D eigenvalue weighted by atomic mass is 16.5. The van der Waals surface area contributed by atoms with Gasteiger partial charge in [0.1, 0.15) is 0 Å². The summed E-state index contributed by atoms with van der Waals surface area (Å²) in [7, 11) is 3.60. The summed E-state index contributed by atoms with van der Waals surface area (Å²) < 4.78 is 10.5. The van der Waals surface area contributed by atoms with Gasteiger partial charge in [-0.2, -0.15) is 4.98 Å². The van der Waals surface area contributed by atoms with Gasteiger partial charge in [0, 0.05) is 19.6 Å². The van der Waals surface area contributed by atoms with Gasteiger partial charge in [0.2, 0.25) is 5.89 Å². The van der Waals surface area contributed by atoms with Gasteiger partial charge in [0.25, 0.3) is 0 Å². The smallest absolute Gasteiger partial charge is 0.228 e. The standard InChI is InChI=1S/C15H19N3O2/c1-16-11(9-19-2)8-14-17-15(18-20-14)13-7-10-5-3-4-6-12(10)13/h3-6,11,13,16H,7-9H2,1-2H3. The first-order chi connectivity index (χ1) is 9.81. The van der Waals surface area contributed by atoms with Crippen LogP contribution in [0.3, 0.4) is 0 Å². The van der Waals surface area contributed by atoms with Crippen LogP contribution < -0.4 is 5.32 Å². The zero-order valence-corrected chi connectivity index (χ0v) is 11.8. The molecule has 0 amide bonds. The Kier molecular flexibility index (Phi) is 3.80. The lowest BCUT2D eigenvalue weighted by Gasteiger charge is -2.27. The molecular weight excluding hydrogens is 254 g/mol. The first-order valence-electron chi connectivity index (χ1n) is 6.88. The van der Waals surface area contributed by atoms with Crippen LogP contribution in [-0.2, 0) is 17.6 Å². The SMILES string of the molecule is CNC(COC)Cc1nc(C2Cc3ccccc32)no1. The summed E-state index contributed by atoms with van der Waals surface area (Å²) in [5, 5.41) is 7.31. The molecule has 0 bridgehead atoms. The maximum absolute atomic E-state index is 5.36. The Bertz CT molecular complexity index is 582. The van der Waals surface area contributed by atoms with Crippen molar-refractivity contribution < 1.29 is 9.26 Å². The lowest BCUT2D eigenvalue weighted by molar-refractivity contribution is 0.165. The molecule has 1 aliphatic rings. The normalized spacial score (nSPS) is 18.4. The highest BCUT2D eigenvalue weighted by molar-refractivity contribution is 5.43. The van der Waals surface area contributed by atoms with Crippen molar-refractivity contribution in [3.8, 4) is 0 Å². The number of ether oxygens (including phenoxy) is 1. The molecule has 0 aliphatic heterocycles. The van der Waals surface area contributed by atoms with Gasteiger partial charge >= 0.3 is 0 Å². The monoisotopic (exact) mass is 273 g/mol. The van der Waals surface area contributed by atoms with Crippen molar-refractivity contribution in [3.63, 3.8) is 0 Å². The van der Waals surface area contributed by atoms with Crippen LogP contribution in [0.15, 0.2) is 28.8 Å². The first-order valence-corrected chi connectivity index (χ1v) is 6.88. The number of likely N-dealkylation sites (N-methyl/N-ethyl adjacent to an activating group) is 1. The van der Waals surface area contributed by atoms with Crippen molar-refractivity contribution in [2.24, 2.45) is 0 Å². The van der Waals surface area contributed by atoms with Crippen LogP contribution in [0, 0.1) is 0 Å². The Balaban J connectivity index is 1.69. The van der Waals surface area contributed by atoms with E-state index in [0.717, 1.165) is 12.2 Å². The number of methoxy groups -OCH3 is 1. The summed E-state index contributed by atoms with van der Waals surface area (Å²) in [6, 6.07) is 8.62. The minimum absolute atomic E-state index is 0.196. The molecule has 1 aliphatic carbocycles. The van der Waals surface area contributed by atoms with E-state index in [2.05, 4.69) is 39.7 Å². The van der Waals surface area contributed by atoms with Gasteiger partial charge < -0.3 is 14.6 Å². The van der Waals surface area contributed by atoms with E-state index < -0.39 is 0 Å². The maximum atomic E-state index is 5.36. The van der Waals surface area contributed by atoms with Crippen LogP contribution in [0.25, 0.3) is 0 Å². The summed E-state index contributed by atoms with van der Waals surface area (Å²) in [5.74, 6) is 1.76. The van der Waals surface area contributed by atoms with E-state index in [1.165, 1.54) is 11.1 Å². The molecule has 2 unspecified atom stereocenters. The number of rotatable bonds is 6. The number of hydrogen-bond donors (Lipinski definition) is 1. The highest BCUT2D eigenvalue weighted by Gasteiger charge is 2.31. The fourth-order valence-corrected chi connectivity index (χ4v) is 2.64. The average Bonchev–Trinajstić information content (AvgIpc) is 2.88. The van der Waals surface area contributed by atoms with Gasteiger partial charge in [-0.1, -0.05) is 29.4 Å². The fraction of sp³-hybridized carbons (Fsp3) is 0.467. The molecule has 2 aromatic rings. The Morgan fingerprint density at radius 1 is 1.45 bits per heavy atom. The van der Waals surface area contributed by atoms with Crippen molar-refractivity contribution >= 4 is 0 Å². The Labute approximate surface area is 118 Å². The minimum Gasteiger partial charge on any atom is -0.383 e. The third-order valence-electron chi connectivity index (χ3n) is 3.85. The number of aromatic nitrogens is 2. The number of benzene rings is 1. The molecule has 5 nitrogen and oxygen atoms in total. The molecule has 20 heavy (non-hydrogen) atoms. The lowest BCUT2D eigenvalue weighted by Crippen LogP contribution is -2.32. The Hall–Kier alpha value is -1.72. The van der Waals surface area contributed by atoms with E-state index in [1.54, 1.807) is 7.11 Å². The molecule has 3 rings (SSSR count). The second kappa shape index (κ2) is 5.73. The molecule has 0 saturated heterocycles. The Morgan fingerprint density at radius 2 is 2.30 bits per heavy atom. The van der Waals surface area contributed by atoms with Gasteiger partial charge in [0.15, 0.2) is 5.82 Å². The van der Waals surface area contributed by atoms with E-state index in [0.29, 0.717) is 24.8 Å². The molecule has 1 aromatic carbocycles. The predicted octanol–water partition coefficient (Wildman–Crippen LogP) is 1.53. The van der Waals surface area contributed by atoms with Gasteiger partial charge in [-0.3, -0.25) is 0 Å². The maximum Gasteiger partial charge on any atom is 0.228 e. The molecule has 106 valence electrons. The van der Waals surface area contributed by atoms with Crippen molar-refractivity contribution in [1.29, 1.82) is 0 Å². The van der Waals surface area contributed by atoms with Crippen LogP contribution in [0.4, 0.5) is 0 Å². The van der Waals surface area contributed by atoms with Crippen LogP contribution in [0.2, 0.25) is 0 Å². The summed E-state index contributed by atoms with van der Waals surface area (Å²) in [5.41, 5.74) is 2.71. The van der Waals surface area contributed by atoms with E-state index in [1.807, 2.05) is 7.05 Å². The zero-order valence-electron chi connectivity index (χ0n) is 11.8. The quantitative estimate of drug-likeness (QED) is 0.865. The molecule has 0 spiro atoms. The van der Waals surface area contributed by atoms with E-state index >= 15 is 0 Å². The number of nitrogens with zero attached hydrogens (tertiary/aromatic N) is 2. The highest BCUT2D eigenvalue weighted by Crippen LogP contribution is 2.38. The summed E-state index contributed by atoms with van der Waals surface area (Å²) in [6.07, 6.45) is 1.69. The van der Waals surface area contributed by atoms with Gasteiger partial charge in [0.05, 0.1) is 12.5 Å². The molecule has 1 aromatic heterocycles. The average molecular weight is 273 g/mol. The fourth-order valence-electron chi connectivity index (χ4n) is 2.64. The molecule has 0 radical (unpaired) electrons. The lowest BCUT2D eigenvalue weighted by atomic mass is 9.77. The van der Waals surface area contributed by atoms with Crippen LogP contribution in [0.5, 0.6) is 0 Å². The summed E-state index contributed by atoms with van der Waals surface area (Å²) in [4.78, 5) is 4.53. The third-order valence-corrected chi connectivity index (χ3v) is 3.85. The molecule has 5 heteroatoms. The molecular formula is C15H19N3O2. The van der Waals surface area contributed by atoms with Gasteiger partial charge in [-0.25, -0.2) is 0 Å². The topological polar surface area (TPSA) is 60.2 Å². The second-order valence-electron chi connectivity index (χ2n) is 5.15. The van der Waals surface area contributed by atoms with E-state index in [9.17, 15) is 0 Å². The van der Waals surface area contributed by atoms with Crippen LogP contribution in [-0.4, -0.2) is 36.9 Å². The number of fused-ring (bicyclic) bond motifs is 1. The molecule has 2 atom stereocenters. The van der Waals surface area contributed by atoms with Crippen LogP contribution >= 0.6 is 0 Å². The molecule has 1 N–H and O–H groups in total. The summed E-state index contributed by atoms with van der Waals surface area (Å²) in [6.45, 7) is 0.625. The van der Waals surface area contributed by atoms with Gasteiger partial charge in [-0.05, 0) is 24.6 Å². The predicted molar refractivity (Wildman–Crippen MR) is 74.7 cm³/mol. The third kappa shape index (κ3) is 2.46. The van der Waals surface area contributed by atoms with Crippen molar-refractivity contribution in [2.75, 3.05) is 20.8 Å². The van der Waals surface area contributed by atoms with Crippen LogP contribution in [0.1, 0.15) is 28.8 Å². The largest absolute Gasteiger partial charge is 0.383 e. The molecule has 0 fully saturated rings. The second-order valence-corrected chi connectivity index (χ2v) is 5.15. The van der Waals surface area contributed by atoms with Crippen molar-refractivity contribution in [3.05, 3.63) is 47.1 Å². The Morgan fingerprint density at radius 3 is 3.05 bits per heavy atom. The molecule has 1 heterocycles. The summed E-state index contributed by atoms with van der Waals surface area (Å²) >= 11 is 0.